The van der Waals surface area contributed by atoms with E-state index in [-0.39, 0.29) is 5.54 Å². The van der Waals surface area contributed by atoms with Crippen molar-refractivity contribution in [2.24, 2.45) is 0 Å². The monoisotopic (exact) mass is 238 g/mol. The van der Waals surface area contributed by atoms with Gasteiger partial charge in [0.1, 0.15) is 5.76 Å². The first-order chi connectivity index (χ1) is 8.07. The third kappa shape index (κ3) is 5.37. The lowest BCUT2D eigenvalue weighted by Crippen LogP contribution is -2.43. The predicted molar refractivity (Wildman–Crippen MR) is 72.0 cm³/mol. The van der Waals surface area contributed by atoms with Crippen LogP contribution in [0.1, 0.15) is 39.9 Å². The van der Waals surface area contributed by atoms with Crippen LogP contribution in [0.2, 0.25) is 0 Å². The Kier molecular flexibility index (Phi) is 5.72. The van der Waals surface area contributed by atoms with E-state index < -0.39 is 0 Å². The number of nitrogens with zero attached hydrogens (tertiary/aromatic N) is 1. The van der Waals surface area contributed by atoms with E-state index in [4.69, 9.17) is 4.42 Å². The highest BCUT2D eigenvalue weighted by Crippen LogP contribution is 2.07. The lowest BCUT2D eigenvalue weighted by Gasteiger charge is -2.27. The van der Waals surface area contributed by atoms with Crippen LogP contribution in [-0.4, -0.2) is 30.1 Å². The molecule has 0 radical (unpaired) electrons. The van der Waals surface area contributed by atoms with Crippen LogP contribution in [-0.2, 0) is 6.54 Å². The van der Waals surface area contributed by atoms with Gasteiger partial charge in [0, 0.05) is 18.6 Å². The average Bonchev–Trinajstić information content (AvgIpc) is 2.80. The summed E-state index contributed by atoms with van der Waals surface area (Å²) in [5, 5.41) is 3.58. The molecule has 0 spiro atoms. The molecule has 17 heavy (non-hydrogen) atoms. The zero-order valence-electron chi connectivity index (χ0n) is 11.6. The highest BCUT2D eigenvalue weighted by atomic mass is 16.3. The molecule has 3 nitrogen and oxygen atoms in total. The van der Waals surface area contributed by atoms with Crippen LogP contribution in [0.5, 0.6) is 0 Å². The second kappa shape index (κ2) is 6.82. The number of hydrogen-bond acceptors (Lipinski definition) is 3. The van der Waals surface area contributed by atoms with Crippen molar-refractivity contribution in [1.82, 2.24) is 10.2 Å². The minimum absolute atomic E-state index is 0.240. The summed E-state index contributed by atoms with van der Waals surface area (Å²) in [5.41, 5.74) is 0.240. The SMILES string of the molecule is CCN(CCNC(C)(C)CC)Cc1ccco1. The van der Waals surface area contributed by atoms with E-state index in [0.717, 1.165) is 38.4 Å². The van der Waals surface area contributed by atoms with Crippen LogP contribution in [0.4, 0.5) is 0 Å². The van der Waals surface area contributed by atoms with E-state index in [2.05, 4.69) is 37.9 Å². The van der Waals surface area contributed by atoms with Crippen molar-refractivity contribution < 1.29 is 4.42 Å². The molecule has 1 aromatic rings. The van der Waals surface area contributed by atoms with Crippen molar-refractivity contribution in [3.8, 4) is 0 Å². The Labute approximate surface area is 105 Å². The molecule has 0 fully saturated rings. The molecule has 1 N–H and O–H groups in total. The summed E-state index contributed by atoms with van der Waals surface area (Å²) in [7, 11) is 0. The van der Waals surface area contributed by atoms with Gasteiger partial charge in [-0.25, -0.2) is 0 Å². The third-order valence-electron chi connectivity index (χ3n) is 3.32. The summed E-state index contributed by atoms with van der Waals surface area (Å²) in [5.74, 6) is 1.04. The molecule has 0 saturated heterocycles. The molecule has 0 aliphatic carbocycles. The van der Waals surface area contributed by atoms with Gasteiger partial charge in [0.05, 0.1) is 12.8 Å². The Morgan fingerprint density at radius 2 is 2.12 bits per heavy atom. The van der Waals surface area contributed by atoms with Crippen molar-refractivity contribution in [1.29, 1.82) is 0 Å². The van der Waals surface area contributed by atoms with Gasteiger partial charge in [0.15, 0.2) is 0 Å². The highest BCUT2D eigenvalue weighted by molar-refractivity contribution is 4.97. The molecule has 0 aromatic carbocycles. The molecule has 98 valence electrons. The van der Waals surface area contributed by atoms with Gasteiger partial charge in [0.25, 0.3) is 0 Å². The van der Waals surface area contributed by atoms with Gasteiger partial charge in [-0.2, -0.15) is 0 Å². The minimum atomic E-state index is 0.240. The molecular formula is C14H26N2O. The van der Waals surface area contributed by atoms with E-state index >= 15 is 0 Å². The molecule has 0 unspecified atom stereocenters. The number of rotatable bonds is 8. The van der Waals surface area contributed by atoms with Crippen LogP contribution in [0.3, 0.4) is 0 Å². The Morgan fingerprint density at radius 1 is 1.35 bits per heavy atom. The Bertz CT molecular complexity index is 293. The molecule has 0 saturated carbocycles. The maximum absolute atomic E-state index is 5.37. The summed E-state index contributed by atoms with van der Waals surface area (Å²) in [4.78, 5) is 2.39. The highest BCUT2D eigenvalue weighted by Gasteiger charge is 2.14. The maximum atomic E-state index is 5.37. The molecule has 1 aromatic heterocycles. The second-order valence-electron chi connectivity index (χ2n) is 5.11. The van der Waals surface area contributed by atoms with Gasteiger partial charge in [-0.05, 0) is 38.9 Å². The van der Waals surface area contributed by atoms with Gasteiger partial charge < -0.3 is 9.73 Å². The van der Waals surface area contributed by atoms with Crippen molar-refractivity contribution in [3.63, 3.8) is 0 Å². The zero-order valence-corrected chi connectivity index (χ0v) is 11.6. The Hall–Kier alpha value is -0.800. The smallest absolute Gasteiger partial charge is 0.117 e. The summed E-state index contributed by atoms with van der Waals surface area (Å²) >= 11 is 0. The molecular weight excluding hydrogens is 212 g/mol. The minimum Gasteiger partial charge on any atom is -0.468 e. The normalized spacial score (nSPS) is 12.3. The average molecular weight is 238 g/mol. The van der Waals surface area contributed by atoms with Crippen molar-refractivity contribution in [2.75, 3.05) is 19.6 Å². The summed E-state index contributed by atoms with van der Waals surface area (Å²) in [6.07, 6.45) is 2.89. The lowest BCUT2D eigenvalue weighted by molar-refractivity contribution is 0.242. The van der Waals surface area contributed by atoms with E-state index in [1.807, 2.05) is 12.1 Å². The molecule has 0 bridgehead atoms. The van der Waals surface area contributed by atoms with Crippen molar-refractivity contribution >= 4 is 0 Å². The fourth-order valence-corrected chi connectivity index (χ4v) is 1.65. The van der Waals surface area contributed by atoms with E-state index in [9.17, 15) is 0 Å². The van der Waals surface area contributed by atoms with Gasteiger partial charge in [-0.3, -0.25) is 4.90 Å². The summed E-state index contributed by atoms with van der Waals surface area (Å²) in [6, 6.07) is 3.98. The molecule has 0 aliphatic heterocycles. The number of nitrogens with one attached hydrogen (secondary N) is 1. The Balaban J connectivity index is 2.28. The van der Waals surface area contributed by atoms with E-state index in [1.54, 1.807) is 6.26 Å². The van der Waals surface area contributed by atoms with Gasteiger partial charge in [-0.15, -0.1) is 0 Å². The molecule has 0 amide bonds. The first-order valence-electron chi connectivity index (χ1n) is 6.57. The topological polar surface area (TPSA) is 28.4 Å². The van der Waals surface area contributed by atoms with Crippen LogP contribution in [0, 0.1) is 0 Å². The molecule has 0 aliphatic rings. The Morgan fingerprint density at radius 3 is 2.65 bits per heavy atom. The van der Waals surface area contributed by atoms with E-state index in [0.29, 0.717) is 0 Å². The first kappa shape index (κ1) is 14.3. The zero-order chi connectivity index (χ0) is 12.7. The van der Waals surface area contributed by atoms with Crippen LogP contribution in [0.15, 0.2) is 22.8 Å². The summed E-state index contributed by atoms with van der Waals surface area (Å²) in [6.45, 7) is 12.9. The van der Waals surface area contributed by atoms with Crippen LogP contribution >= 0.6 is 0 Å². The number of likely N-dealkylation sites (N-methyl/N-ethyl adjacent to an activating group) is 1. The largest absolute Gasteiger partial charge is 0.468 e. The standard InChI is InChI=1S/C14H26N2O/c1-5-14(3,4)15-9-10-16(6-2)12-13-8-7-11-17-13/h7-8,11,15H,5-6,9-10,12H2,1-4H3. The summed E-state index contributed by atoms with van der Waals surface area (Å²) < 4.78 is 5.37. The molecule has 1 heterocycles. The second-order valence-corrected chi connectivity index (χ2v) is 5.11. The third-order valence-corrected chi connectivity index (χ3v) is 3.32. The fraction of sp³-hybridized carbons (Fsp3) is 0.714. The first-order valence-corrected chi connectivity index (χ1v) is 6.57. The predicted octanol–water partition coefficient (Wildman–Crippen LogP) is 2.88. The maximum Gasteiger partial charge on any atom is 0.117 e. The fourth-order valence-electron chi connectivity index (χ4n) is 1.65. The van der Waals surface area contributed by atoms with Crippen molar-refractivity contribution in [2.45, 2.75) is 46.2 Å². The van der Waals surface area contributed by atoms with E-state index in [1.165, 1.54) is 0 Å². The molecule has 3 heteroatoms. The van der Waals surface area contributed by atoms with Gasteiger partial charge in [-0.1, -0.05) is 13.8 Å². The lowest BCUT2D eigenvalue weighted by atomic mass is 10.0. The van der Waals surface area contributed by atoms with Crippen molar-refractivity contribution in [3.05, 3.63) is 24.2 Å². The van der Waals surface area contributed by atoms with Crippen LogP contribution in [0.25, 0.3) is 0 Å². The molecule has 0 atom stereocenters. The van der Waals surface area contributed by atoms with Gasteiger partial charge >= 0.3 is 0 Å². The molecule has 1 rings (SSSR count). The number of hydrogen-bond donors (Lipinski definition) is 1. The van der Waals surface area contributed by atoms with Crippen LogP contribution < -0.4 is 5.32 Å². The quantitative estimate of drug-likeness (QED) is 0.755. The van der Waals surface area contributed by atoms with Gasteiger partial charge in [0.2, 0.25) is 0 Å². The number of furan rings is 1.